The van der Waals surface area contributed by atoms with Crippen LogP contribution < -0.4 is 5.34 Å². The molecule has 0 saturated carbocycles. The zero-order valence-electron chi connectivity index (χ0n) is 2.02. The van der Waals surface area contributed by atoms with Crippen molar-refractivity contribution in [3.05, 3.63) is 10.1 Å². The summed E-state index contributed by atoms with van der Waals surface area (Å²) in [6, 6.07) is 0. The zero-order valence-corrected chi connectivity index (χ0v) is 4.23. The van der Waals surface area contributed by atoms with Crippen LogP contribution >= 0.6 is 0 Å². The Bertz CT molecular complexity index is 15.1. The first-order valence-electron chi connectivity index (χ1n) is 0.408. The van der Waals surface area contributed by atoms with E-state index < -0.39 is 0 Å². The zero-order chi connectivity index (χ0) is 2.71. The van der Waals surface area contributed by atoms with Crippen LogP contribution in [0.3, 0.4) is 0 Å². The molecule has 0 fully saturated rings. The van der Waals surface area contributed by atoms with E-state index in [2.05, 4.69) is 0 Å². The van der Waals surface area contributed by atoms with E-state index in [0.29, 0.717) is 0 Å². The quantitative estimate of drug-likeness (QED) is 0.260. The minimum absolute atomic E-state index is 0. The van der Waals surface area contributed by atoms with Gasteiger partial charge in [-0.2, -0.15) is 0 Å². The van der Waals surface area contributed by atoms with Crippen molar-refractivity contribution in [2.24, 2.45) is 0 Å². The van der Waals surface area contributed by atoms with Gasteiger partial charge in [0.25, 0.3) is 0 Å². The van der Waals surface area contributed by atoms with Crippen LogP contribution in [0.15, 0.2) is 0 Å². The fraction of sp³-hybridized carbons (Fsp3) is 0. The fourth-order valence-electron chi connectivity index (χ4n) is 0. The summed E-state index contributed by atoms with van der Waals surface area (Å²) in [5.41, 5.74) is 0. The van der Waals surface area contributed by atoms with Crippen molar-refractivity contribution in [3.63, 3.8) is 0 Å². The predicted octanol–water partition coefficient (Wildman–Crippen LogP) is -1.67. The minimum atomic E-state index is 0. The minimum Gasteiger partial charge on any atom is -0.267 e. The van der Waals surface area contributed by atoms with Crippen LogP contribution in [0.2, 0.25) is 0 Å². The maximum Gasteiger partial charge on any atom is 0.00366 e. The molecule has 0 aromatic rings. The van der Waals surface area contributed by atoms with Gasteiger partial charge in [0.05, 0.1) is 0 Å². The molecular weight excluding hydrogens is 158 g/mol. The van der Waals surface area contributed by atoms with Crippen molar-refractivity contribution in [2.45, 2.75) is 0 Å². The van der Waals surface area contributed by atoms with Crippen molar-refractivity contribution in [1.29, 1.82) is 0 Å². The van der Waals surface area contributed by atoms with Gasteiger partial charge in [-0.3, -0.25) is 10.1 Å². The number of nitrogens with one attached hydrogen (secondary N) is 1. The van der Waals surface area contributed by atoms with E-state index in [4.69, 9.17) is 10.1 Å². The van der Waals surface area contributed by atoms with Crippen LogP contribution in [0.25, 0.3) is 0 Å². The smallest absolute Gasteiger partial charge is 0.00366 e. The monoisotopic (exact) mass is 159 g/mol. The summed E-state index contributed by atoms with van der Waals surface area (Å²) in [5, 5.41) is 8.38. The summed E-state index contributed by atoms with van der Waals surface area (Å²) in [6.45, 7) is 0. The first-order chi connectivity index (χ1) is 1.41. The first kappa shape index (κ1) is 18.0. The average molecular weight is 159 g/mol. The van der Waals surface area contributed by atoms with E-state index in [1.165, 1.54) is 0 Å². The van der Waals surface area contributed by atoms with Gasteiger partial charge >= 0.3 is 0 Å². The summed E-state index contributed by atoms with van der Waals surface area (Å²) < 4.78 is 0. The van der Waals surface area contributed by atoms with Gasteiger partial charge in [-0.25, -0.2) is 0 Å². The van der Waals surface area contributed by atoms with Crippen LogP contribution in [0.4, 0.5) is 0 Å². The van der Waals surface area contributed by atoms with Gasteiger partial charge in [-0.15, -0.1) is 0 Å². The van der Waals surface area contributed by atoms with Gasteiger partial charge in [0.15, 0.2) is 0 Å². The fourth-order valence-corrected chi connectivity index (χ4v) is 0. The van der Waals surface area contributed by atoms with Gasteiger partial charge in [-0.1, -0.05) is 0 Å². The Kier molecular flexibility index (Phi) is 91.4. The third-order valence-corrected chi connectivity index (χ3v) is 0. The molecule has 0 bridgehead atoms. The second-order valence-electron chi connectivity index (χ2n) is 0.0833. The second kappa shape index (κ2) is 25.4. The van der Waals surface area contributed by atoms with Gasteiger partial charge in [0.1, 0.15) is 0 Å². The summed E-state index contributed by atoms with van der Waals surface area (Å²) in [7, 11) is 0. The molecule has 0 saturated heterocycles. The van der Waals surface area contributed by atoms with Crippen LogP contribution in [-0.2, 0) is 34.1 Å². The molecule has 0 radical (unpaired) electrons. The molecule has 3 nitrogen and oxygen atoms in total. The van der Waals surface area contributed by atoms with Gasteiger partial charge in [0.2, 0.25) is 0 Å². The predicted molar refractivity (Wildman–Crippen MR) is 7.70 cm³/mol. The Morgan fingerprint density at radius 3 is 1.40 bits per heavy atom. The van der Waals surface area contributed by atoms with E-state index in [9.17, 15) is 0 Å². The number of hydrogen-bond donors (Lipinski definition) is 1. The molecule has 0 aliphatic rings. The Balaban J connectivity index is -0.0000000200. The second-order valence-corrected chi connectivity index (χ2v) is 0.0833. The Morgan fingerprint density at radius 2 is 1.40 bits per heavy atom. The van der Waals surface area contributed by atoms with Gasteiger partial charge in [-0.05, 0) is 0 Å². The standard InChI is InChI=1S/2Fe.HNO2/c;;2-1-3/h;;1H. The van der Waals surface area contributed by atoms with E-state index in [1.807, 2.05) is 0 Å². The molecule has 1 N–H and O–H groups in total. The third kappa shape index (κ3) is 137. The largest absolute Gasteiger partial charge is 0.267 e. The molecule has 0 aliphatic heterocycles. The molecular formula is HFe2NO2. The molecule has 0 rings (SSSR count). The molecule has 0 aromatic heterocycles. The van der Waals surface area contributed by atoms with Crippen molar-refractivity contribution in [2.75, 3.05) is 0 Å². The summed E-state index contributed by atoms with van der Waals surface area (Å²) in [6.07, 6.45) is 0. The number of rotatable bonds is 0. The van der Waals surface area contributed by atoms with Crippen LogP contribution in [0, 0.1) is 10.1 Å². The topological polar surface area (TPSA) is 54.1 Å². The maximum absolute atomic E-state index is 8.12. The normalized spacial score (nSPS) is 2.40. The van der Waals surface area contributed by atoms with E-state index in [-0.39, 0.29) is 39.5 Å². The summed E-state index contributed by atoms with van der Waals surface area (Å²) in [4.78, 5) is 8.12. The molecule has 5 heavy (non-hydrogen) atoms. The molecule has 0 atom stereocenters. The molecule has 0 spiro atoms. The molecule has 5 heteroatoms. The first-order valence-corrected chi connectivity index (χ1v) is 0.408. The SMILES string of the molecule is O=[NH+][O-].[Fe].[Fe]. The summed E-state index contributed by atoms with van der Waals surface area (Å²) >= 11 is 0. The third-order valence-electron chi connectivity index (χ3n) is 0. The van der Waals surface area contributed by atoms with Crippen LogP contribution in [0.1, 0.15) is 0 Å². The van der Waals surface area contributed by atoms with Crippen LogP contribution in [-0.4, -0.2) is 0 Å². The molecule has 0 unspecified atom stereocenters. The Morgan fingerprint density at radius 1 is 1.40 bits per heavy atom. The Hall–Kier alpha value is 0.439. The molecule has 0 heterocycles. The van der Waals surface area contributed by atoms with Gasteiger partial charge in [0, 0.05) is 39.5 Å². The maximum atomic E-state index is 8.12. The van der Waals surface area contributed by atoms with E-state index in [1.54, 1.807) is 0 Å². The van der Waals surface area contributed by atoms with Crippen LogP contribution in [0.5, 0.6) is 0 Å². The van der Waals surface area contributed by atoms with Gasteiger partial charge < -0.3 is 0 Å². The molecule has 0 aliphatic carbocycles. The van der Waals surface area contributed by atoms with Crippen molar-refractivity contribution in [3.8, 4) is 0 Å². The van der Waals surface area contributed by atoms with Crippen molar-refractivity contribution >= 4 is 0 Å². The summed E-state index contributed by atoms with van der Waals surface area (Å²) in [5.74, 6) is 0. The molecule has 0 aromatic carbocycles. The number of hydrogen-bond acceptors (Lipinski definition) is 2. The average Bonchev–Trinajstić information content (AvgIpc) is 0.918. The molecule has 0 amide bonds. The van der Waals surface area contributed by atoms with Crippen molar-refractivity contribution in [1.82, 2.24) is 0 Å². The van der Waals surface area contributed by atoms with E-state index >= 15 is 0 Å². The molecule has 34 valence electrons. The Labute approximate surface area is 50.0 Å². The van der Waals surface area contributed by atoms with E-state index in [0.717, 1.165) is 0 Å². The van der Waals surface area contributed by atoms with Crippen molar-refractivity contribution < 1.29 is 39.5 Å².